The molecule has 1 aliphatic heterocycles. The van der Waals surface area contributed by atoms with Crippen molar-refractivity contribution in [2.24, 2.45) is 0 Å². The molecule has 1 saturated heterocycles. The summed E-state index contributed by atoms with van der Waals surface area (Å²) >= 11 is 0. The van der Waals surface area contributed by atoms with Crippen molar-refractivity contribution in [2.75, 3.05) is 31.7 Å². The fourth-order valence-corrected chi connectivity index (χ4v) is 3.34. The molecule has 0 bridgehead atoms. The summed E-state index contributed by atoms with van der Waals surface area (Å²) in [6.07, 6.45) is 3.16. The van der Waals surface area contributed by atoms with Crippen molar-refractivity contribution in [1.82, 2.24) is 15.2 Å². The third-order valence-corrected chi connectivity index (χ3v) is 4.67. The van der Waals surface area contributed by atoms with Crippen LogP contribution < -0.4 is 9.64 Å². The molecule has 1 aromatic carbocycles. The van der Waals surface area contributed by atoms with Gasteiger partial charge >= 0.3 is 0 Å². The lowest BCUT2D eigenvalue weighted by molar-refractivity contribution is 0.121. The molecule has 3 aromatic rings. The summed E-state index contributed by atoms with van der Waals surface area (Å²) in [5.74, 6) is 1.82. The number of pyridine rings is 1. The van der Waals surface area contributed by atoms with Gasteiger partial charge in [0.2, 0.25) is 0 Å². The second-order valence-electron chi connectivity index (χ2n) is 6.21. The molecule has 0 amide bonds. The molecule has 0 unspecified atom stereocenters. The van der Waals surface area contributed by atoms with Crippen molar-refractivity contribution >= 4 is 16.7 Å². The van der Waals surface area contributed by atoms with Crippen LogP contribution in [0.2, 0.25) is 0 Å². The van der Waals surface area contributed by atoms with Crippen molar-refractivity contribution < 1.29 is 9.47 Å². The van der Waals surface area contributed by atoms with E-state index in [2.05, 4.69) is 26.1 Å². The Balaban J connectivity index is 1.69. The van der Waals surface area contributed by atoms with Crippen LogP contribution in [0.15, 0.2) is 36.5 Å². The molecule has 0 radical (unpaired) electrons. The number of rotatable bonds is 5. The Morgan fingerprint density at radius 3 is 3.00 bits per heavy atom. The normalized spacial score (nSPS) is 17.4. The van der Waals surface area contributed by atoms with Crippen LogP contribution in [0.1, 0.15) is 13.3 Å². The lowest BCUT2D eigenvalue weighted by Crippen LogP contribution is -2.23. The van der Waals surface area contributed by atoms with E-state index in [1.807, 2.05) is 37.4 Å². The van der Waals surface area contributed by atoms with Crippen LogP contribution in [0.5, 0.6) is 5.75 Å². The topological polar surface area (TPSA) is 63.3 Å². The van der Waals surface area contributed by atoms with E-state index < -0.39 is 0 Å². The summed E-state index contributed by atoms with van der Waals surface area (Å²) in [5.41, 5.74) is 2.96. The van der Waals surface area contributed by atoms with Crippen LogP contribution >= 0.6 is 0 Å². The van der Waals surface area contributed by atoms with Crippen LogP contribution in [0, 0.1) is 0 Å². The van der Waals surface area contributed by atoms with Gasteiger partial charge in [0, 0.05) is 37.3 Å². The van der Waals surface area contributed by atoms with Gasteiger partial charge in [-0.3, -0.25) is 5.10 Å². The Morgan fingerprint density at radius 2 is 2.20 bits per heavy atom. The van der Waals surface area contributed by atoms with Gasteiger partial charge in [0.25, 0.3) is 0 Å². The maximum Gasteiger partial charge on any atom is 0.129 e. The van der Waals surface area contributed by atoms with Crippen molar-refractivity contribution in [3.8, 4) is 17.0 Å². The molecule has 130 valence electrons. The Morgan fingerprint density at radius 1 is 1.28 bits per heavy atom. The van der Waals surface area contributed by atoms with Crippen molar-refractivity contribution in [3.63, 3.8) is 0 Å². The molecule has 4 rings (SSSR count). The van der Waals surface area contributed by atoms with Crippen molar-refractivity contribution in [3.05, 3.63) is 36.5 Å². The van der Waals surface area contributed by atoms with Crippen LogP contribution in [-0.4, -0.2) is 48.1 Å². The first kappa shape index (κ1) is 15.9. The van der Waals surface area contributed by atoms with E-state index in [9.17, 15) is 0 Å². The minimum Gasteiger partial charge on any atom is -0.494 e. The third-order valence-electron chi connectivity index (χ3n) is 4.67. The first-order valence-electron chi connectivity index (χ1n) is 8.63. The molecule has 0 spiro atoms. The molecule has 25 heavy (non-hydrogen) atoms. The fraction of sp³-hybridized carbons (Fsp3) is 0.368. The van der Waals surface area contributed by atoms with Crippen LogP contribution in [0.3, 0.4) is 0 Å². The van der Waals surface area contributed by atoms with E-state index in [0.717, 1.165) is 53.2 Å². The van der Waals surface area contributed by atoms with Gasteiger partial charge in [-0.15, -0.1) is 0 Å². The SMILES string of the molecule is CCOc1ccc2[nH]nc(-c3ccnc(N4CC[C@@H](OC)C4)c3)c2c1. The highest BCUT2D eigenvalue weighted by Crippen LogP contribution is 2.31. The molecule has 1 N–H and O–H groups in total. The van der Waals surface area contributed by atoms with E-state index in [4.69, 9.17) is 9.47 Å². The Kier molecular flexibility index (Phi) is 4.28. The van der Waals surface area contributed by atoms with Crippen molar-refractivity contribution in [2.45, 2.75) is 19.4 Å². The number of nitrogens with zero attached hydrogens (tertiary/aromatic N) is 3. The van der Waals surface area contributed by atoms with E-state index in [0.29, 0.717) is 6.61 Å². The zero-order valence-electron chi connectivity index (χ0n) is 14.5. The largest absolute Gasteiger partial charge is 0.494 e. The number of fused-ring (bicyclic) bond motifs is 1. The summed E-state index contributed by atoms with van der Waals surface area (Å²) in [6.45, 7) is 4.47. The number of hydrogen-bond acceptors (Lipinski definition) is 5. The van der Waals surface area contributed by atoms with Gasteiger partial charge in [0.05, 0.1) is 18.2 Å². The van der Waals surface area contributed by atoms with E-state index in [1.165, 1.54) is 0 Å². The summed E-state index contributed by atoms with van der Waals surface area (Å²) in [4.78, 5) is 6.80. The predicted molar refractivity (Wildman–Crippen MR) is 98.1 cm³/mol. The Labute approximate surface area is 146 Å². The van der Waals surface area contributed by atoms with Crippen LogP contribution in [-0.2, 0) is 4.74 Å². The van der Waals surface area contributed by atoms with Gasteiger partial charge in [-0.25, -0.2) is 4.98 Å². The average molecular weight is 338 g/mol. The molecule has 1 fully saturated rings. The van der Waals surface area contributed by atoms with Gasteiger partial charge < -0.3 is 14.4 Å². The summed E-state index contributed by atoms with van der Waals surface area (Å²) in [5, 5.41) is 8.67. The summed E-state index contributed by atoms with van der Waals surface area (Å²) in [7, 11) is 1.77. The second kappa shape index (κ2) is 6.72. The molecular weight excluding hydrogens is 316 g/mol. The zero-order chi connectivity index (χ0) is 17.2. The molecule has 3 heterocycles. The summed E-state index contributed by atoms with van der Waals surface area (Å²) < 4.78 is 11.1. The van der Waals surface area contributed by atoms with Gasteiger partial charge in [-0.1, -0.05) is 0 Å². The number of hydrogen-bond donors (Lipinski definition) is 1. The predicted octanol–water partition coefficient (Wildman–Crippen LogP) is 3.25. The highest BCUT2D eigenvalue weighted by molar-refractivity contribution is 5.94. The van der Waals surface area contributed by atoms with Crippen LogP contribution in [0.25, 0.3) is 22.2 Å². The van der Waals surface area contributed by atoms with Crippen LogP contribution in [0.4, 0.5) is 5.82 Å². The highest BCUT2D eigenvalue weighted by atomic mass is 16.5. The maximum absolute atomic E-state index is 5.63. The van der Waals surface area contributed by atoms with Gasteiger partial charge in [0.1, 0.15) is 17.3 Å². The van der Waals surface area contributed by atoms with Gasteiger partial charge in [-0.05, 0) is 43.7 Å². The standard InChI is InChI=1S/C19H22N4O2/c1-3-25-14-4-5-17-16(11-14)19(22-21-17)13-6-8-20-18(10-13)23-9-7-15(12-23)24-2/h4-6,8,10-11,15H,3,7,9,12H2,1-2H3,(H,21,22)/t15-/m1/s1. The highest BCUT2D eigenvalue weighted by Gasteiger charge is 2.23. The molecular formula is C19H22N4O2. The number of nitrogens with one attached hydrogen (secondary N) is 1. The number of H-pyrrole nitrogens is 1. The molecule has 6 nitrogen and oxygen atoms in total. The number of benzene rings is 1. The lowest BCUT2D eigenvalue weighted by atomic mass is 10.1. The monoisotopic (exact) mass is 338 g/mol. The Bertz CT molecular complexity index is 877. The molecule has 2 aromatic heterocycles. The fourth-order valence-electron chi connectivity index (χ4n) is 3.34. The maximum atomic E-state index is 5.63. The zero-order valence-corrected chi connectivity index (χ0v) is 14.5. The quantitative estimate of drug-likeness (QED) is 0.774. The molecule has 1 aliphatic rings. The number of aromatic nitrogens is 3. The molecule has 0 aliphatic carbocycles. The molecule has 1 atom stereocenters. The second-order valence-corrected chi connectivity index (χ2v) is 6.21. The first-order chi connectivity index (χ1) is 12.3. The molecule has 6 heteroatoms. The van der Waals surface area contributed by atoms with E-state index in [-0.39, 0.29) is 6.10 Å². The third kappa shape index (κ3) is 3.05. The summed E-state index contributed by atoms with van der Waals surface area (Å²) in [6, 6.07) is 10.1. The van der Waals surface area contributed by atoms with E-state index >= 15 is 0 Å². The van der Waals surface area contributed by atoms with Gasteiger partial charge in [0.15, 0.2) is 0 Å². The Hall–Kier alpha value is -2.60. The number of ether oxygens (including phenoxy) is 2. The minimum absolute atomic E-state index is 0.283. The smallest absolute Gasteiger partial charge is 0.129 e. The minimum atomic E-state index is 0.283. The number of anilines is 1. The van der Waals surface area contributed by atoms with E-state index in [1.54, 1.807) is 7.11 Å². The number of methoxy groups -OCH3 is 1. The number of aromatic amines is 1. The average Bonchev–Trinajstić information content (AvgIpc) is 3.29. The first-order valence-corrected chi connectivity index (χ1v) is 8.63. The molecule has 0 saturated carbocycles. The van der Waals surface area contributed by atoms with Crippen molar-refractivity contribution in [1.29, 1.82) is 0 Å². The lowest BCUT2D eigenvalue weighted by Gasteiger charge is -2.17. The van der Waals surface area contributed by atoms with Gasteiger partial charge in [-0.2, -0.15) is 5.10 Å².